The Kier molecular flexibility index (Phi) is 10.0. The van der Waals surface area contributed by atoms with Crippen LogP contribution < -0.4 is 5.32 Å². The lowest BCUT2D eigenvalue weighted by Crippen LogP contribution is -2.45. The van der Waals surface area contributed by atoms with Crippen molar-refractivity contribution in [3.63, 3.8) is 0 Å². The summed E-state index contributed by atoms with van der Waals surface area (Å²) in [5.41, 5.74) is 0.824. The number of hydrogen-bond donors (Lipinski definition) is 2. The van der Waals surface area contributed by atoms with Crippen molar-refractivity contribution in [2.45, 2.75) is 70.5 Å². The molecule has 1 aromatic rings. The van der Waals surface area contributed by atoms with Crippen LogP contribution in [-0.2, 0) is 30.0 Å². The molecular weight excluding hydrogens is 423 g/mol. The second kappa shape index (κ2) is 12.5. The van der Waals surface area contributed by atoms with Crippen molar-refractivity contribution in [3.8, 4) is 0 Å². The summed E-state index contributed by atoms with van der Waals surface area (Å²) in [6.45, 7) is 3.82. The molecule has 9 nitrogen and oxygen atoms in total. The maximum absolute atomic E-state index is 12.8. The Balaban J connectivity index is 1.92. The van der Waals surface area contributed by atoms with E-state index in [1.165, 1.54) is 11.8 Å². The molecule has 1 aliphatic rings. The van der Waals surface area contributed by atoms with Gasteiger partial charge in [0.1, 0.15) is 24.5 Å². The van der Waals surface area contributed by atoms with E-state index in [1.54, 1.807) is 0 Å². The van der Waals surface area contributed by atoms with Gasteiger partial charge in [-0.2, -0.15) is 0 Å². The second-order valence-corrected chi connectivity index (χ2v) is 9.08. The molecule has 2 N–H and O–H groups in total. The van der Waals surface area contributed by atoms with Gasteiger partial charge in [-0.1, -0.05) is 50.1 Å². The third-order valence-electron chi connectivity index (χ3n) is 5.10. The summed E-state index contributed by atoms with van der Waals surface area (Å²) in [7, 11) is -2.84. The number of hydrogen-bond acceptors (Lipinski definition) is 6. The molecule has 1 saturated heterocycles. The fourth-order valence-corrected chi connectivity index (χ4v) is 4.68. The molecule has 31 heavy (non-hydrogen) atoms. The van der Waals surface area contributed by atoms with Gasteiger partial charge in [-0.05, 0) is 31.7 Å². The van der Waals surface area contributed by atoms with Crippen molar-refractivity contribution in [2.75, 3.05) is 6.54 Å². The number of carboxylic acid groups (broad SMARTS) is 1. The molecule has 10 heteroatoms. The van der Waals surface area contributed by atoms with Gasteiger partial charge in [0.2, 0.25) is 8.03 Å². The van der Waals surface area contributed by atoms with E-state index < -0.39 is 43.9 Å². The lowest BCUT2D eigenvalue weighted by molar-refractivity contribution is -0.150. The normalized spacial score (nSPS) is 18.8. The van der Waals surface area contributed by atoms with Crippen molar-refractivity contribution in [3.05, 3.63) is 35.9 Å². The first-order valence-corrected chi connectivity index (χ1v) is 11.9. The van der Waals surface area contributed by atoms with E-state index in [-0.39, 0.29) is 6.61 Å². The zero-order valence-electron chi connectivity index (χ0n) is 17.9. The molecular formula is C21H31N2O7P. The van der Waals surface area contributed by atoms with Crippen molar-refractivity contribution in [1.82, 2.24) is 10.2 Å². The van der Waals surface area contributed by atoms with Gasteiger partial charge in [0.15, 0.2) is 0 Å². The first-order chi connectivity index (χ1) is 14.8. The number of unbranched alkanes of at least 4 members (excludes halogenated alkanes) is 1. The van der Waals surface area contributed by atoms with Gasteiger partial charge in [0.25, 0.3) is 5.91 Å². The summed E-state index contributed by atoms with van der Waals surface area (Å²) in [6, 6.07) is 8.29. The van der Waals surface area contributed by atoms with Crippen LogP contribution >= 0.6 is 8.03 Å². The zero-order chi connectivity index (χ0) is 22.8. The predicted molar refractivity (Wildman–Crippen MR) is 115 cm³/mol. The van der Waals surface area contributed by atoms with E-state index in [0.29, 0.717) is 32.2 Å². The largest absolute Gasteiger partial charge is 0.480 e. The van der Waals surface area contributed by atoms with Crippen LogP contribution in [0.15, 0.2) is 30.3 Å². The first kappa shape index (κ1) is 24.9. The quantitative estimate of drug-likeness (QED) is 0.492. The minimum Gasteiger partial charge on any atom is -0.480 e. The lowest BCUT2D eigenvalue weighted by Gasteiger charge is -2.26. The zero-order valence-corrected chi connectivity index (χ0v) is 18.9. The number of aliphatic carboxylic acids is 1. The summed E-state index contributed by atoms with van der Waals surface area (Å²) in [5, 5.41) is 11.9. The first-order valence-electron chi connectivity index (χ1n) is 10.5. The average Bonchev–Trinajstić information content (AvgIpc) is 3.25. The summed E-state index contributed by atoms with van der Waals surface area (Å²) >= 11 is 0. The Morgan fingerprint density at radius 3 is 2.65 bits per heavy atom. The van der Waals surface area contributed by atoms with Crippen molar-refractivity contribution < 1.29 is 33.3 Å². The highest BCUT2D eigenvalue weighted by molar-refractivity contribution is 7.40. The molecule has 0 aromatic heterocycles. The summed E-state index contributed by atoms with van der Waals surface area (Å²) < 4.78 is 23.5. The molecule has 0 saturated carbocycles. The van der Waals surface area contributed by atoms with Crippen LogP contribution in [0.2, 0.25) is 0 Å². The van der Waals surface area contributed by atoms with Crippen molar-refractivity contribution >= 4 is 26.0 Å². The Morgan fingerprint density at radius 2 is 2.00 bits per heavy atom. The van der Waals surface area contributed by atoms with Gasteiger partial charge in [-0.3, -0.25) is 9.36 Å². The van der Waals surface area contributed by atoms with Gasteiger partial charge in [0.05, 0.1) is 0 Å². The van der Waals surface area contributed by atoms with E-state index in [9.17, 15) is 24.1 Å². The van der Waals surface area contributed by atoms with E-state index in [2.05, 4.69) is 5.32 Å². The highest BCUT2D eigenvalue weighted by Crippen LogP contribution is 2.34. The van der Waals surface area contributed by atoms with Crippen LogP contribution in [0.1, 0.15) is 51.5 Å². The number of nitrogens with zero attached hydrogens (tertiary/aromatic N) is 1. The van der Waals surface area contributed by atoms with E-state index in [1.807, 2.05) is 37.3 Å². The fraction of sp³-hybridized carbons (Fsp3) is 0.571. The molecule has 1 aliphatic heterocycles. The van der Waals surface area contributed by atoms with Crippen LogP contribution in [0.4, 0.5) is 4.79 Å². The number of carbonyl (C=O) groups excluding carboxylic acids is 2. The highest BCUT2D eigenvalue weighted by Gasteiger charge is 2.37. The number of rotatable bonds is 11. The second-order valence-electron chi connectivity index (χ2n) is 7.51. The molecule has 4 atom stereocenters. The molecule has 2 rings (SSSR count). The molecule has 172 valence electrons. The number of carbonyl (C=O) groups is 3. The number of alkyl carbamates (subject to hydrolysis) is 1. The third kappa shape index (κ3) is 7.67. The molecule has 1 heterocycles. The maximum Gasteiger partial charge on any atom is 0.408 e. The molecule has 1 aromatic carbocycles. The minimum atomic E-state index is -2.84. The fourth-order valence-electron chi connectivity index (χ4n) is 3.39. The number of carboxylic acids is 1. The molecule has 2 unspecified atom stereocenters. The minimum absolute atomic E-state index is 0.0788. The van der Waals surface area contributed by atoms with E-state index in [4.69, 9.17) is 9.26 Å². The molecule has 1 fully saturated rings. The SMILES string of the molecule is CCCC[C@@H](NC(=O)OCc1ccccc1)[PH](=O)OC(C)C(=O)N1CCC[C@H]1C(=O)O. The van der Waals surface area contributed by atoms with Gasteiger partial charge in [-0.25, -0.2) is 9.59 Å². The Morgan fingerprint density at radius 1 is 1.29 bits per heavy atom. The summed E-state index contributed by atoms with van der Waals surface area (Å²) in [4.78, 5) is 37.4. The van der Waals surface area contributed by atoms with Gasteiger partial charge >= 0.3 is 12.1 Å². The topological polar surface area (TPSA) is 122 Å². The highest BCUT2D eigenvalue weighted by atomic mass is 31.1. The summed E-state index contributed by atoms with van der Waals surface area (Å²) in [6.07, 6.45) is 1.15. The Hall–Kier alpha value is -2.38. The predicted octanol–water partition coefficient (Wildman–Crippen LogP) is 3.38. The van der Waals surface area contributed by atoms with Gasteiger partial charge in [-0.15, -0.1) is 0 Å². The Labute approximate surface area is 183 Å². The molecule has 0 spiro atoms. The van der Waals surface area contributed by atoms with Crippen LogP contribution in [0.3, 0.4) is 0 Å². The standard InChI is InChI=1S/C21H31N2O7P/c1-3-4-12-18(22-21(27)29-14-16-9-6-5-7-10-16)31(28)30-15(2)19(24)23-13-8-11-17(23)20(25)26/h5-7,9-10,15,17-18,31H,3-4,8,11-14H2,1-2H3,(H,22,27)(H,25,26)/t15?,17-,18-/m0/s1. The van der Waals surface area contributed by atoms with Crippen LogP contribution in [0.25, 0.3) is 0 Å². The third-order valence-corrected chi connectivity index (χ3v) is 6.69. The number of ether oxygens (including phenoxy) is 1. The monoisotopic (exact) mass is 454 g/mol. The number of amides is 2. The molecule has 0 bridgehead atoms. The average molecular weight is 454 g/mol. The Bertz CT molecular complexity index is 774. The van der Waals surface area contributed by atoms with Crippen LogP contribution in [0.5, 0.6) is 0 Å². The van der Waals surface area contributed by atoms with E-state index >= 15 is 0 Å². The van der Waals surface area contributed by atoms with Gasteiger partial charge < -0.3 is 24.6 Å². The lowest BCUT2D eigenvalue weighted by atomic mass is 10.2. The molecule has 0 radical (unpaired) electrons. The smallest absolute Gasteiger partial charge is 0.408 e. The number of likely N-dealkylation sites (tertiary alicyclic amines) is 1. The van der Waals surface area contributed by atoms with Crippen LogP contribution in [0, 0.1) is 0 Å². The number of benzene rings is 1. The number of nitrogens with one attached hydrogen (secondary N) is 1. The summed E-state index contributed by atoms with van der Waals surface area (Å²) in [5.74, 6) is -2.35. The van der Waals surface area contributed by atoms with Crippen molar-refractivity contribution in [2.24, 2.45) is 0 Å². The van der Waals surface area contributed by atoms with Crippen LogP contribution in [-0.4, -0.2) is 52.4 Å². The van der Waals surface area contributed by atoms with E-state index in [0.717, 1.165) is 12.0 Å². The maximum atomic E-state index is 12.8. The molecule has 2 amide bonds. The van der Waals surface area contributed by atoms with Gasteiger partial charge in [0, 0.05) is 6.54 Å². The van der Waals surface area contributed by atoms with Crippen molar-refractivity contribution in [1.29, 1.82) is 0 Å². The molecule has 0 aliphatic carbocycles.